The van der Waals surface area contributed by atoms with Crippen molar-refractivity contribution in [2.75, 3.05) is 31.1 Å². The van der Waals surface area contributed by atoms with Gasteiger partial charge >= 0.3 is 0 Å². The van der Waals surface area contributed by atoms with Crippen LogP contribution >= 0.6 is 46.4 Å². The van der Waals surface area contributed by atoms with Gasteiger partial charge in [0.25, 0.3) is 5.91 Å². The zero-order valence-corrected chi connectivity index (χ0v) is 29.1. The molecule has 3 fully saturated rings. The van der Waals surface area contributed by atoms with Crippen LogP contribution in [0.2, 0.25) is 20.1 Å². The molecule has 2 bridgehead atoms. The van der Waals surface area contributed by atoms with E-state index in [9.17, 15) is 9.90 Å². The standard InChI is InChI=1S/C36H38Cl4N4O3/c1-20(45)23-13-30(38)35(31(39)14-23)47-27-11-12-43(19-27)25-7-5-21(6-8-25)28-15-24-16-41-17-32(42-24)33(28)36(46)44(26-9-10-26)18-22-3-2-4-29(37)34(22)40/h2-8,13-14,20,24,26-27,32,41-42,45H,9-12,15-19H2,1H3/t20-,24+,27+,32+/m1/s1. The van der Waals surface area contributed by atoms with Gasteiger partial charge in [-0.3, -0.25) is 4.79 Å². The molecule has 11 heteroatoms. The Kier molecular flexibility index (Phi) is 9.69. The van der Waals surface area contributed by atoms with Crippen LogP contribution in [0, 0.1) is 0 Å². The van der Waals surface area contributed by atoms with Crippen LogP contribution in [0.1, 0.15) is 55.4 Å². The molecule has 0 spiro atoms. The molecule has 3 N–H and O–H groups in total. The summed E-state index contributed by atoms with van der Waals surface area (Å²) in [5, 5.41) is 18.9. The summed E-state index contributed by atoms with van der Waals surface area (Å²) in [7, 11) is 0. The van der Waals surface area contributed by atoms with E-state index >= 15 is 0 Å². The second-order valence-electron chi connectivity index (χ2n) is 13.1. The van der Waals surface area contributed by atoms with Crippen molar-refractivity contribution in [2.24, 2.45) is 0 Å². The quantitative estimate of drug-likeness (QED) is 0.216. The summed E-state index contributed by atoms with van der Waals surface area (Å²) in [5.74, 6) is 0.522. The van der Waals surface area contributed by atoms with Crippen LogP contribution in [-0.2, 0) is 11.3 Å². The lowest BCUT2D eigenvalue weighted by atomic mass is 9.83. The first-order chi connectivity index (χ1) is 22.7. The van der Waals surface area contributed by atoms with Gasteiger partial charge in [-0.15, -0.1) is 0 Å². The largest absolute Gasteiger partial charge is 0.485 e. The van der Waals surface area contributed by atoms with Gasteiger partial charge in [0.15, 0.2) is 5.75 Å². The summed E-state index contributed by atoms with van der Waals surface area (Å²) in [6, 6.07) is 18.0. The van der Waals surface area contributed by atoms with Crippen molar-refractivity contribution in [3.8, 4) is 5.75 Å². The fourth-order valence-electron chi connectivity index (χ4n) is 7.03. The summed E-state index contributed by atoms with van der Waals surface area (Å²) in [6.07, 6.45) is 2.84. The van der Waals surface area contributed by atoms with E-state index in [1.165, 1.54) is 0 Å². The molecule has 3 aliphatic heterocycles. The number of fused-ring (bicyclic) bond motifs is 2. The molecule has 47 heavy (non-hydrogen) atoms. The first-order valence-electron chi connectivity index (χ1n) is 16.3. The van der Waals surface area contributed by atoms with Gasteiger partial charge in [0, 0.05) is 55.9 Å². The number of rotatable bonds is 9. The first-order valence-corrected chi connectivity index (χ1v) is 17.8. The van der Waals surface area contributed by atoms with Gasteiger partial charge in [-0.2, -0.15) is 0 Å². The highest BCUT2D eigenvalue weighted by molar-refractivity contribution is 6.42. The van der Waals surface area contributed by atoms with Gasteiger partial charge in [-0.05, 0) is 78.8 Å². The molecule has 7 nitrogen and oxygen atoms in total. The molecule has 1 saturated carbocycles. The lowest BCUT2D eigenvalue weighted by Crippen LogP contribution is -2.60. The molecule has 3 aromatic carbocycles. The number of hydrogen-bond donors (Lipinski definition) is 3. The summed E-state index contributed by atoms with van der Waals surface area (Å²) >= 11 is 25.9. The summed E-state index contributed by atoms with van der Waals surface area (Å²) in [6.45, 7) is 5.21. The molecule has 1 amide bonds. The van der Waals surface area contributed by atoms with Crippen LogP contribution in [-0.4, -0.2) is 66.3 Å². The fourth-order valence-corrected chi connectivity index (χ4v) is 8.01. The number of aliphatic hydroxyl groups excluding tert-OH is 1. The minimum absolute atomic E-state index is 0.0643. The Balaban J connectivity index is 1.11. The maximum absolute atomic E-state index is 14.5. The Hall–Kier alpha value is -2.49. The molecule has 0 unspecified atom stereocenters. The van der Waals surface area contributed by atoms with E-state index in [4.69, 9.17) is 51.1 Å². The van der Waals surface area contributed by atoms with Crippen LogP contribution in [0.4, 0.5) is 5.69 Å². The van der Waals surface area contributed by atoms with Gasteiger partial charge in [0.1, 0.15) is 6.10 Å². The Labute approximate surface area is 295 Å². The number of aliphatic hydroxyl groups is 1. The monoisotopic (exact) mass is 714 g/mol. The number of piperazine rings is 1. The molecule has 4 aliphatic rings. The summed E-state index contributed by atoms with van der Waals surface area (Å²) < 4.78 is 6.26. The predicted molar refractivity (Wildman–Crippen MR) is 190 cm³/mol. The molecule has 3 aromatic rings. The van der Waals surface area contributed by atoms with Gasteiger partial charge < -0.3 is 30.3 Å². The maximum Gasteiger partial charge on any atom is 0.252 e. The van der Waals surface area contributed by atoms with Crippen LogP contribution in [0.3, 0.4) is 0 Å². The van der Waals surface area contributed by atoms with Crippen molar-refractivity contribution in [2.45, 2.75) is 69.5 Å². The minimum Gasteiger partial charge on any atom is -0.485 e. The van der Waals surface area contributed by atoms with Gasteiger partial charge in [0.05, 0.1) is 38.8 Å². The Bertz CT molecular complexity index is 1670. The highest BCUT2D eigenvalue weighted by Crippen LogP contribution is 2.40. The third-order valence-corrected chi connectivity index (χ3v) is 11.1. The topological polar surface area (TPSA) is 77.1 Å². The number of nitrogens with zero attached hydrogens (tertiary/aromatic N) is 2. The van der Waals surface area contributed by atoms with E-state index in [0.717, 1.165) is 66.7 Å². The number of benzene rings is 3. The van der Waals surface area contributed by atoms with Crippen molar-refractivity contribution in [3.63, 3.8) is 0 Å². The lowest BCUT2D eigenvalue weighted by molar-refractivity contribution is -0.128. The third-order valence-electron chi connectivity index (χ3n) is 9.66. The van der Waals surface area contributed by atoms with E-state index in [0.29, 0.717) is 51.0 Å². The van der Waals surface area contributed by atoms with Crippen molar-refractivity contribution in [1.29, 1.82) is 0 Å². The zero-order valence-electron chi connectivity index (χ0n) is 26.1. The van der Waals surface area contributed by atoms with Crippen LogP contribution < -0.4 is 20.3 Å². The summed E-state index contributed by atoms with van der Waals surface area (Å²) in [5.41, 5.74) is 5.66. The van der Waals surface area contributed by atoms with Crippen molar-refractivity contribution in [3.05, 3.63) is 97.0 Å². The molecule has 7 rings (SSSR count). The van der Waals surface area contributed by atoms with Gasteiger partial charge in [0.2, 0.25) is 0 Å². The van der Waals surface area contributed by atoms with E-state index in [1.54, 1.807) is 25.1 Å². The van der Waals surface area contributed by atoms with E-state index in [1.807, 2.05) is 17.0 Å². The van der Waals surface area contributed by atoms with Crippen LogP contribution in [0.5, 0.6) is 5.75 Å². The van der Waals surface area contributed by atoms with Crippen LogP contribution in [0.15, 0.2) is 60.2 Å². The molecule has 0 aromatic heterocycles. The molecule has 1 aliphatic carbocycles. The third kappa shape index (κ3) is 7.00. The number of amides is 1. The smallest absolute Gasteiger partial charge is 0.252 e. The first kappa shape index (κ1) is 33.0. The number of nitrogens with one attached hydrogen (secondary N) is 2. The molecule has 0 radical (unpaired) electrons. The SMILES string of the molecule is C[C@@H](O)c1cc(Cl)c(O[C@H]2CCN(c3ccc(C4=C(C(=O)N(Cc5cccc(Cl)c5Cl)C5CC5)[C@@H]5CNC[C@H](C4)N5)cc3)C2)c(Cl)c1. The number of halogens is 4. The van der Waals surface area contributed by atoms with Gasteiger partial charge in [-0.1, -0.05) is 70.7 Å². The Morgan fingerprint density at radius 3 is 2.47 bits per heavy atom. The Morgan fingerprint density at radius 1 is 1.02 bits per heavy atom. The minimum atomic E-state index is -0.666. The number of hydrogen-bond acceptors (Lipinski definition) is 6. The molecule has 2 saturated heterocycles. The zero-order chi connectivity index (χ0) is 32.8. The van der Waals surface area contributed by atoms with Crippen molar-refractivity contribution < 1.29 is 14.6 Å². The predicted octanol–water partition coefficient (Wildman–Crippen LogP) is 7.29. The highest BCUT2D eigenvalue weighted by Gasteiger charge is 2.41. The number of ether oxygens (including phenoxy) is 1. The lowest BCUT2D eigenvalue weighted by Gasteiger charge is -2.41. The summed E-state index contributed by atoms with van der Waals surface area (Å²) in [4.78, 5) is 18.8. The van der Waals surface area contributed by atoms with E-state index in [-0.39, 0.29) is 30.1 Å². The number of carbonyl (C=O) groups excluding carboxylic acids is 1. The fraction of sp³-hybridized carbons (Fsp3) is 0.417. The normalized spacial score (nSPS) is 23.2. The number of anilines is 1. The Morgan fingerprint density at radius 2 is 1.77 bits per heavy atom. The molecular weight excluding hydrogens is 678 g/mol. The molecule has 248 valence electrons. The molecule has 3 heterocycles. The second-order valence-corrected chi connectivity index (χ2v) is 14.7. The molecular formula is C36H38Cl4N4O3. The van der Waals surface area contributed by atoms with Crippen molar-refractivity contribution in [1.82, 2.24) is 15.5 Å². The van der Waals surface area contributed by atoms with Crippen LogP contribution in [0.25, 0.3) is 5.57 Å². The second kappa shape index (κ2) is 13.8. The molecule has 4 atom stereocenters. The average molecular weight is 717 g/mol. The van der Waals surface area contributed by atoms with E-state index in [2.05, 4.69) is 39.8 Å². The highest BCUT2D eigenvalue weighted by atomic mass is 35.5. The maximum atomic E-state index is 14.5. The van der Waals surface area contributed by atoms with Crippen molar-refractivity contribution >= 4 is 63.6 Å². The number of carbonyl (C=O) groups is 1. The van der Waals surface area contributed by atoms with Gasteiger partial charge in [-0.25, -0.2) is 0 Å². The van der Waals surface area contributed by atoms with E-state index < -0.39 is 6.10 Å². The average Bonchev–Trinajstić information content (AvgIpc) is 3.79.